The summed E-state index contributed by atoms with van der Waals surface area (Å²) in [7, 11) is 4.03. The average molecular weight is 251 g/mol. The second kappa shape index (κ2) is 6.47. The molecule has 5 heteroatoms. The first-order valence-corrected chi connectivity index (χ1v) is 6.05. The van der Waals surface area contributed by atoms with Crippen LogP contribution in [0.2, 0.25) is 0 Å². The number of hydrogen-bond donors (Lipinski definition) is 1. The minimum atomic E-state index is -0.328. The Morgan fingerprint density at radius 1 is 1.44 bits per heavy atom. The lowest BCUT2D eigenvalue weighted by atomic mass is 10.0. The maximum absolute atomic E-state index is 10.9. The number of hydrogen-bond acceptors (Lipinski definition) is 4. The first-order valence-electron chi connectivity index (χ1n) is 6.05. The van der Waals surface area contributed by atoms with E-state index >= 15 is 0 Å². The van der Waals surface area contributed by atoms with Crippen LogP contribution in [0.4, 0.5) is 5.69 Å². The van der Waals surface area contributed by atoms with Crippen molar-refractivity contribution in [3.05, 3.63) is 39.4 Å². The number of nitro benzene ring substituents is 1. The number of rotatable bonds is 6. The summed E-state index contributed by atoms with van der Waals surface area (Å²) < 4.78 is 0. The zero-order valence-electron chi connectivity index (χ0n) is 11.4. The van der Waals surface area contributed by atoms with Gasteiger partial charge in [0.25, 0.3) is 5.69 Å². The summed E-state index contributed by atoms with van der Waals surface area (Å²) in [6.07, 6.45) is 0. The van der Waals surface area contributed by atoms with Crippen LogP contribution in [0.15, 0.2) is 18.2 Å². The first-order chi connectivity index (χ1) is 8.41. The molecule has 1 aromatic carbocycles. The van der Waals surface area contributed by atoms with E-state index in [1.807, 2.05) is 27.1 Å². The van der Waals surface area contributed by atoms with E-state index in [0.717, 1.165) is 18.7 Å². The number of likely N-dealkylation sites (N-methyl/N-ethyl adjacent to an activating group) is 1. The van der Waals surface area contributed by atoms with Gasteiger partial charge in [0.15, 0.2) is 0 Å². The van der Waals surface area contributed by atoms with E-state index in [4.69, 9.17) is 0 Å². The van der Waals surface area contributed by atoms with Crippen molar-refractivity contribution in [2.75, 3.05) is 27.2 Å². The fourth-order valence-electron chi connectivity index (χ4n) is 1.71. The lowest BCUT2D eigenvalue weighted by Gasteiger charge is -2.16. The Morgan fingerprint density at radius 3 is 2.67 bits per heavy atom. The van der Waals surface area contributed by atoms with Crippen LogP contribution in [0.1, 0.15) is 24.1 Å². The largest absolute Gasteiger partial charge is 0.309 e. The van der Waals surface area contributed by atoms with Crippen molar-refractivity contribution in [2.45, 2.75) is 19.9 Å². The number of nitro groups is 1. The van der Waals surface area contributed by atoms with Gasteiger partial charge in [-0.15, -0.1) is 0 Å². The van der Waals surface area contributed by atoms with Crippen LogP contribution in [0.3, 0.4) is 0 Å². The van der Waals surface area contributed by atoms with Crippen LogP contribution in [-0.2, 0) is 0 Å². The van der Waals surface area contributed by atoms with Crippen LogP contribution in [0.5, 0.6) is 0 Å². The van der Waals surface area contributed by atoms with Crippen molar-refractivity contribution in [3.8, 4) is 0 Å². The highest BCUT2D eigenvalue weighted by Gasteiger charge is 2.13. The maximum Gasteiger partial charge on any atom is 0.272 e. The third kappa shape index (κ3) is 4.09. The summed E-state index contributed by atoms with van der Waals surface area (Å²) in [5, 5.41) is 14.2. The molecule has 0 fully saturated rings. The van der Waals surface area contributed by atoms with Gasteiger partial charge < -0.3 is 10.2 Å². The smallest absolute Gasteiger partial charge is 0.272 e. The summed E-state index contributed by atoms with van der Waals surface area (Å²) in [6.45, 7) is 5.57. The molecule has 0 aliphatic carbocycles. The van der Waals surface area contributed by atoms with E-state index in [2.05, 4.69) is 10.2 Å². The molecule has 100 valence electrons. The Morgan fingerprint density at radius 2 is 2.11 bits per heavy atom. The molecule has 1 N–H and O–H groups in total. The van der Waals surface area contributed by atoms with E-state index in [1.54, 1.807) is 19.1 Å². The van der Waals surface area contributed by atoms with Crippen molar-refractivity contribution in [2.24, 2.45) is 0 Å². The predicted octanol–water partition coefficient (Wildman–Crippen LogP) is 2.12. The highest BCUT2D eigenvalue weighted by molar-refractivity contribution is 5.43. The van der Waals surface area contributed by atoms with Gasteiger partial charge in [0, 0.05) is 30.8 Å². The molecular formula is C13H21N3O2. The molecule has 1 rings (SSSR count). The topological polar surface area (TPSA) is 58.4 Å². The maximum atomic E-state index is 10.9. The van der Waals surface area contributed by atoms with E-state index in [0.29, 0.717) is 5.56 Å². The molecule has 0 radical (unpaired) electrons. The van der Waals surface area contributed by atoms with Gasteiger partial charge in [-0.25, -0.2) is 0 Å². The van der Waals surface area contributed by atoms with E-state index in [-0.39, 0.29) is 16.7 Å². The minimum absolute atomic E-state index is 0.115. The molecule has 0 heterocycles. The lowest BCUT2D eigenvalue weighted by Crippen LogP contribution is -2.28. The lowest BCUT2D eigenvalue weighted by molar-refractivity contribution is -0.385. The normalized spacial score (nSPS) is 12.7. The summed E-state index contributed by atoms with van der Waals surface area (Å²) in [5.41, 5.74) is 1.84. The molecule has 5 nitrogen and oxygen atoms in total. The van der Waals surface area contributed by atoms with Crippen LogP contribution in [0, 0.1) is 17.0 Å². The summed E-state index contributed by atoms with van der Waals surface area (Å²) in [4.78, 5) is 12.6. The van der Waals surface area contributed by atoms with E-state index in [9.17, 15) is 10.1 Å². The van der Waals surface area contributed by atoms with Crippen molar-refractivity contribution >= 4 is 5.69 Å². The second-order valence-electron chi connectivity index (χ2n) is 4.78. The number of nitrogens with one attached hydrogen (secondary N) is 1. The highest BCUT2D eigenvalue weighted by atomic mass is 16.6. The fourth-order valence-corrected chi connectivity index (χ4v) is 1.71. The standard InChI is InChI=1S/C13H21N3O2/c1-10-5-6-12(9-13(10)16(17)18)11(2)14-7-8-15(3)4/h5-6,9,11,14H,7-8H2,1-4H3. The SMILES string of the molecule is Cc1ccc(C(C)NCCN(C)C)cc1[N+](=O)[O-]. The molecule has 0 aromatic heterocycles. The van der Waals surface area contributed by atoms with Crippen LogP contribution in [-0.4, -0.2) is 37.0 Å². The van der Waals surface area contributed by atoms with Gasteiger partial charge in [0.1, 0.15) is 0 Å². The Bertz CT molecular complexity index is 419. The van der Waals surface area contributed by atoms with Gasteiger partial charge in [-0.1, -0.05) is 12.1 Å². The molecule has 0 amide bonds. The second-order valence-corrected chi connectivity index (χ2v) is 4.78. The van der Waals surface area contributed by atoms with Gasteiger partial charge in [0.05, 0.1) is 4.92 Å². The third-order valence-electron chi connectivity index (χ3n) is 2.94. The molecule has 18 heavy (non-hydrogen) atoms. The van der Waals surface area contributed by atoms with E-state index in [1.165, 1.54) is 0 Å². The van der Waals surface area contributed by atoms with Crippen LogP contribution >= 0.6 is 0 Å². The van der Waals surface area contributed by atoms with Crippen molar-refractivity contribution in [3.63, 3.8) is 0 Å². The zero-order valence-corrected chi connectivity index (χ0v) is 11.4. The quantitative estimate of drug-likeness (QED) is 0.621. The van der Waals surface area contributed by atoms with Crippen molar-refractivity contribution < 1.29 is 4.92 Å². The monoisotopic (exact) mass is 251 g/mol. The molecule has 0 saturated carbocycles. The fraction of sp³-hybridized carbons (Fsp3) is 0.538. The van der Waals surface area contributed by atoms with Crippen molar-refractivity contribution in [1.82, 2.24) is 10.2 Å². The Labute approximate surface area is 108 Å². The highest BCUT2D eigenvalue weighted by Crippen LogP contribution is 2.22. The third-order valence-corrected chi connectivity index (χ3v) is 2.94. The Balaban J connectivity index is 2.71. The summed E-state index contributed by atoms with van der Waals surface area (Å²) >= 11 is 0. The predicted molar refractivity (Wildman–Crippen MR) is 72.8 cm³/mol. The molecule has 0 spiro atoms. The van der Waals surface area contributed by atoms with Gasteiger partial charge >= 0.3 is 0 Å². The molecule has 0 bridgehead atoms. The Kier molecular flexibility index (Phi) is 5.25. The summed E-state index contributed by atoms with van der Waals surface area (Å²) in [6, 6.07) is 5.51. The number of aryl methyl sites for hydroxylation is 1. The van der Waals surface area contributed by atoms with Crippen molar-refractivity contribution in [1.29, 1.82) is 0 Å². The Hall–Kier alpha value is -1.46. The minimum Gasteiger partial charge on any atom is -0.309 e. The van der Waals surface area contributed by atoms with Crippen LogP contribution in [0.25, 0.3) is 0 Å². The average Bonchev–Trinajstić information content (AvgIpc) is 2.28. The molecule has 1 atom stereocenters. The van der Waals surface area contributed by atoms with Gasteiger partial charge in [0.2, 0.25) is 0 Å². The first kappa shape index (κ1) is 14.6. The number of nitrogens with zero attached hydrogens (tertiary/aromatic N) is 2. The molecule has 1 aromatic rings. The number of benzene rings is 1. The molecule has 1 unspecified atom stereocenters. The zero-order chi connectivity index (χ0) is 13.7. The molecule has 0 saturated heterocycles. The van der Waals surface area contributed by atoms with Gasteiger partial charge in [-0.3, -0.25) is 10.1 Å². The molecule has 0 aliphatic heterocycles. The van der Waals surface area contributed by atoms with Gasteiger partial charge in [-0.2, -0.15) is 0 Å². The molecule has 0 aliphatic rings. The molecular weight excluding hydrogens is 230 g/mol. The summed E-state index contributed by atoms with van der Waals surface area (Å²) in [5.74, 6) is 0. The van der Waals surface area contributed by atoms with E-state index < -0.39 is 0 Å². The van der Waals surface area contributed by atoms with Gasteiger partial charge in [-0.05, 0) is 33.5 Å². The van der Waals surface area contributed by atoms with Crippen LogP contribution < -0.4 is 5.32 Å².